The molecule has 2 aromatic carbocycles. The molecule has 6 nitrogen and oxygen atoms in total. The van der Waals surface area contributed by atoms with Gasteiger partial charge >= 0.3 is 0 Å². The van der Waals surface area contributed by atoms with E-state index >= 15 is 0 Å². The van der Waals surface area contributed by atoms with E-state index in [0.29, 0.717) is 30.8 Å². The Bertz CT molecular complexity index is 1090. The zero-order valence-corrected chi connectivity index (χ0v) is 18.0. The summed E-state index contributed by atoms with van der Waals surface area (Å²) in [7, 11) is 1.64. The highest BCUT2D eigenvalue weighted by atomic mass is 32.2. The van der Waals surface area contributed by atoms with Crippen LogP contribution in [0.2, 0.25) is 0 Å². The number of thioether (sulfide) groups is 1. The molecular weight excluding hydrogens is 410 g/mol. The maximum atomic E-state index is 12.5. The third kappa shape index (κ3) is 4.88. The lowest BCUT2D eigenvalue weighted by atomic mass is 10.1. The molecule has 0 unspecified atom stereocenters. The number of amides is 2. The Balaban J connectivity index is 1.36. The Morgan fingerprint density at radius 1 is 1.13 bits per heavy atom. The van der Waals surface area contributed by atoms with Crippen LogP contribution in [0.1, 0.15) is 21.5 Å². The number of carbonyl (C=O) groups is 2. The molecule has 3 aromatic rings. The molecule has 0 spiro atoms. The van der Waals surface area contributed by atoms with E-state index in [1.54, 1.807) is 30.3 Å². The molecule has 0 atom stereocenters. The van der Waals surface area contributed by atoms with Crippen molar-refractivity contribution in [2.45, 2.75) is 18.0 Å². The van der Waals surface area contributed by atoms with E-state index in [0.717, 1.165) is 27.6 Å². The third-order valence-corrected chi connectivity index (χ3v) is 6.08. The molecule has 0 radical (unpaired) electrons. The van der Waals surface area contributed by atoms with Crippen LogP contribution in [0.25, 0.3) is 0 Å². The van der Waals surface area contributed by atoms with Crippen molar-refractivity contribution in [2.75, 3.05) is 24.3 Å². The fourth-order valence-corrected chi connectivity index (χ4v) is 4.36. The summed E-state index contributed by atoms with van der Waals surface area (Å²) in [6.45, 7) is 0.971. The van der Waals surface area contributed by atoms with Gasteiger partial charge < -0.3 is 15.0 Å². The summed E-state index contributed by atoms with van der Waals surface area (Å²) >= 11 is 1.46. The smallest absolute Gasteiger partial charge is 0.251 e. The minimum atomic E-state index is -0.124. The van der Waals surface area contributed by atoms with Gasteiger partial charge in [-0.05, 0) is 47.9 Å². The van der Waals surface area contributed by atoms with Crippen LogP contribution >= 0.6 is 11.8 Å². The zero-order chi connectivity index (χ0) is 21.6. The van der Waals surface area contributed by atoms with Crippen molar-refractivity contribution in [3.63, 3.8) is 0 Å². The second-order valence-corrected chi connectivity index (χ2v) is 8.07. The van der Waals surface area contributed by atoms with Gasteiger partial charge in [0.2, 0.25) is 5.91 Å². The molecule has 2 heterocycles. The Kier molecular flexibility index (Phi) is 6.52. The molecule has 158 valence electrons. The molecule has 0 saturated carbocycles. The Morgan fingerprint density at radius 2 is 1.94 bits per heavy atom. The first-order valence-electron chi connectivity index (χ1n) is 10.0. The molecule has 7 heteroatoms. The molecule has 1 aliphatic heterocycles. The summed E-state index contributed by atoms with van der Waals surface area (Å²) in [5.41, 5.74) is 3.44. The molecule has 1 aliphatic rings. The number of pyridine rings is 1. The highest BCUT2D eigenvalue weighted by Crippen LogP contribution is 2.34. The SMILES string of the molecule is COc1ccccc1CCNC(=O)c1ccc(CN2C(=O)CSc3ncccc32)cc1. The van der Waals surface area contributed by atoms with Crippen molar-refractivity contribution in [1.82, 2.24) is 10.3 Å². The van der Waals surface area contributed by atoms with Gasteiger partial charge in [0.1, 0.15) is 10.8 Å². The number of fused-ring (bicyclic) bond motifs is 1. The lowest BCUT2D eigenvalue weighted by Gasteiger charge is -2.28. The Morgan fingerprint density at radius 3 is 2.74 bits per heavy atom. The van der Waals surface area contributed by atoms with E-state index in [9.17, 15) is 9.59 Å². The number of hydrogen-bond acceptors (Lipinski definition) is 5. The van der Waals surface area contributed by atoms with Gasteiger partial charge in [-0.25, -0.2) is 4.98 Å². The molecular formula is C24H23N3O3S. The van der Waals surface area contributed by atoms with Gasteiger partial charge in [-0.15, -0.1) is 0 Å². The number of nitrogens with one attached hydrogen (secondary N) is 1. The number of rotatable bonds is 7. The summed E-state index contributed by atoms with van der Waals surface area (Å²) < 4.78 is 5.35. The number of benzene rings is 2. The van der Waals surface area contributed by atoms with Crippen LogP contribution in [-0.4, -0.2) is 36.2 Å². The highest BCUT2D eigenvalue weighted by Gasteiger charge is 2.25. The normalized spacial score (nSPS) is 12.9. The summed E-state index contributed by atoms with van der Waals surface area (Å²) in [5, 5.41) is 3.82. The summed E-state index contributed by atoms with van der Waals surface area (Å²) in [6, 6.07) is 18.9. The summed E-state index contributed by atoms with van der Waals surface area (Å²) in [5.74, 6) is 1.14. The van der Waals surface area contributed by atoms with Gasteiger partial charge in [0.25, 0.3) is 5.91 Å². The second kappa shape index (κ2) is 9.66. The predicted molar refractivity (Wildman–Crippen MR) is 122 cm³/mol. The topological polar surface area (TPSA) is 71.5 Å². The van der Waals surface area contributed by atoms with Crippen LogP contribution in [0.5, 0.6) is 5.75 Å². The van der Waals surface area contributed by atoms with Gasteiger partial charge in [-0.2, -0.15) is 0 Å². The maximum Gasteiger partial charge on any atom is 0.251 e. The van der Waals surface area contributed by atoms with Gasteiger partial charge in [0.15, 0.2) is 0 Å². The van der Waals surface area contributed by atoms with E-state index < -0.39 is 0 Å². The largest absolute Gasteiger partial charge is 0.496 e. The first-order chi connectivity index (χ1) is 15.2. The molecule has 1 aromatic heterocycles. The third-order valence-electron chi connectivity index (χ3n) is 5.10. The lowest BCUT2D eigenvalue weighted by Crippen LogP contribution is -2.35. The van der Waals surface area contributed by atoms with E-state index in [1.807, 2.05) is 48.5 Å². The van der Waals surface area contributed by atoms with Crippen molar-refractivity contribution in [2.24, 2.45) is 0 Å². The standard InChI is InChI=1S/C24H23N3O3S/c1-30-21-7-3-2-5-18(21)12-14-25-23(29)19-10-8-17(9-11-19)15-27-20-6-4-13-26-24(20)31-16-22(27)28/h2-11,13H,12,14-16H2,1H3,(H,25,29). The predicted octanol–water partition coefficient (Wildman–Crippen LogP) is 3.70. The number of ether oxygens (including phenoxy) is 1. The van der Waals surface area contributed by atoms with Crippen molar-refractivity contribution >= 4 is 29.3 Å². The van der Waals surface area contributed by atoms with Gasteiger partial charge in [-0.1, -0.05) is 42.1 Å². The molecule has 31 heavy (non-hydrogen) atoms. The van der Waals surface area contributed by atoms with E-state index in [4.69, 9.17) is 4.74 Å². The molecule has 2 amide bonds. The van der Waals surface area contributed by atoms with Crippen LogP contribution < -0.4 is 15.0 Å². The van der Waals surface area contributed by atoms with E-state index in [2.05, 4.69) is 10.3 Å². The number of nitrogens with zero attached hydrogens (tertiary/aromatic N) is 2. The molecule has 1 N–H and O–H groups in total. The molecule has 4 rings (SSSR count). The number of anilines is 1. The fourth-order valence-electron chi connectivity index (χ4n) is 3.48. The minimum Gasteiger partial charge on any atom is -0.496 e. The van der Waals surface area contributed by atoms with Crippen LogP contribution in [0.15, 0.2) is 71.9 Å². The fraction of sp³-hybridized carbons (Fsp3) is 0.208. The Labute approximate surface area is 185 Å². The van der Waals surface area contributed by atoms with Crippen LogP contribution in [0.4, 0.5) is 5.69 Å². The maximum absolute atomic E-state index is 12.5. The van der Waals surface area contributed by atoms with E-state index in [1.165, 1.54) is 11.8 Å². The number of aromatic nitrogens is 1. The lowest BCUT2D eigenvalue weighted by molar-refractivity contribution is -0.116. The average molecular weight is 434 g/mol. The average Bonchev–Trinajstić information content (AvgIpc) is 2.81. The molecule has 0 saturated heterocycles. The molecule has 0 aliphatic carbocycles. The molecule has 0 fully saturated rings. The quantitative estimate of drug-likeness (QED) is 0.615. The van der Waals surface area contributed by atoms with Crippen molar-refractivity contribution < 1.29 is 14.3 Å². The molecule has 0 bridgehead atoms. The second-order valence-electron chi connectivity index (χ2n) is 7.11. The van der Waals surface area contributed by atoms with Crippen LogP contribution in [0, 0.1) is 0 Å². The van der Waals surface area contributed by atoms with Gasteiger partial charge in [0.05, 0.1) is 25.1 Å². The first kappa shape index (κ1) is 20.9. The van der Waals surface area contributed by atoms with Crippen LogP contribution in [0.3, 0.4) is 0 Å². The van der Waals surface area contributed by atoms with Crippen molar-refractivity contribution in [3.8, 4) is 5.75 Å². The summed E-state index contributed by atoms with van der Waals surface area (Å²) in [6.07, 6.45) is 2.43. The summed E-state index contributed by atoms with van der Waals surface area (Å²) in [4.78, 5) is 31.0. The van der Waals surface area contributed by atoms with Gasteiger partial charge in [0, 0.05) is 18.3 Å². The number of hydrogen-bond donors (Lipinski definition) is 1. The number of para-hydroxylation sites is 1. The first-order valence-corrected chi connectivity index (χ1v) is 11.0. The van der Waals surface area contributed by atoms with E-state index in [-0.39, 0.29) is 11.8 Å². The monoisotopic (exact) mass is 433 g/mol. The van der Waals surface area contributed by atoms with Crippen molar-refractivity contribution in [1.29, 1.82) is 0 Å². The van der Waals surface area contributed by atoms with Crippen molar-refractivity contribution in [3.05, 3.63) is 83.6 Å². The minimum absolute atomic E-state index is 0.0589. The Hall–Kier alpha value is -3.32. The number of carbonyl (C=O) groups excluding carboxylic acids is 2. The zero-order valence-electron chi connectivity index (χ0n) is 17.2. The van der Waals surface area contributed by atoms with Gasteiger partial charge in [-0.3, -0.25) is 9.59 Å². The number of methoxy groups -OCH3 is 1. The van der Waals surface area contributed by atoms with Crippen LogP contribution in [-0.2, 0) is 17.8 Å². The highest BCUT2D eigenvalue weighted by molar-refractivity contribution is 8.00.